The maximum Gasteiger partial charge on any atom is 0.258 e. The molecule has 1 aromatic rings. The van der Waals surface area contributed by atoms with E-state index >= 15 is 0 Å². The zero-order valence-electron chi connectivity index (χ0n) is 12.0. The molecule has 0 saturated heterocycles. The number of amides is 1. The highest BCUT2D eigenvalue weighted by Crippen LogP contribution is 2.23. The molecule has 0 spiro atoms. The number of rotatable bonds is 5. The van der Waals surface area contributed by atoms with Crippen LogP contribution in [-0.4, -0.2) is 23.7 Å². The van der Waals surface area contributed by atoms with Gasteiger partial charge in [-0.3, -0.25) is 4.79 Å². The molecule has 4 nitrogen and oxygen atoms in total. The van der Waals surface area contributed by atoms with Crippen molar-refractivity contribution in [3.63, 3.8) is 0 Å². The van der Waals surface area contributed by atoms with Gasteiger partial charge in [0.25, 0.3) is 5.91 Å². The quantitative estimate of drug-likeness (QED) is 0.868. The summed E-state index contributed by atoms with van der Waals surface area (Å²) in [4.78, 5) is 11.9. The molecule has 0 aromatic heterocycles. The van der Waals surface area contributed by atoms with E-state index in [0.29, 0.717) is 11.7 Å². The predicted octanol–water partition coefficient (Wildman–Crippen LogP) is 2.25. The first-order valence-corrected chi connectivity index (χ1v) is 7.31. The summed E-state index contributed by atoms with van der Waals surface area (Å²) in [5.41, 5.74) is 0.831. The summed E-state index contributed by atoms with van der Waals surface area (Å²) in [6.07, 6.45) is 4.71. The van der Waals surface area contributed by atoms with Crippen LogP contribution < -0.4 is 10.1 Å². The summed E-state index contributed by atoms with van der Waals surface area (Å²) < 4.78 is 5.45. The predicted molar refractivity (Wildman–Crippen MR) is 77.4 cm³/mol. The van der Waals surface area contributed by atoms with Gasteiger partial charge in [-0.2, -0.15) is 0 Å². The number of aliphatic hydroxyl groups excluding tert-OH is 1. The number of nitrogens with one attached hydrogen (secondary N) is 1. The van der Waals surface area contributed by atoms with E-state index in [1.807, 2.05) is 0 Å². The molecule has 0 radical (unpaired) electrons. The lowest BCUT2D eigenvalue weighted by molar-refractivity contribution is -0.124. The number of hydrogen-bond acceptors (Lipinski definition) is 3. The van der Waals surface area contributed by atoms with Crippen molar-refractivity contribution in [3.8, 4) is 5.75 Å². The van der Waals surface area contributed by atoms with Crippen LogP contribution in [0.5, 0.6) is 5.75 Å². The minimum absolute atomic E-state index is 0.0142. The Bertz CT molecular complexity index is 430. The topological polar surface area (TPSA) is 58.6 Å². The van der Waals surface area contributed by atoms with Crippen molar-refractivity contribution < 1.29 is 14.6 Å². The average Bonchev–Trinajstić information content (AvgIpc) is 2.48. The Labute approximate surface area is 120 Å². The Morgan fingerprint density at radius 1 is 1.30 bits per heavy atom. The molecule has 1 aliphatic carbocycles. The summed E-state index contributed by atoms with van der Waals surface area (Å²) in [6.45, 7) is 2.25. The highest BCUT2D eigenvalue weighted by molar-refractivity contribution is 5.77. The zero-order valence-corrected chi connectivity index (χ0v) is 12.0. The molecule has 1 saturated carbocycles. The number of ether oxygens (including phenoxy) is 1. The first kappa shape index (κ1) is 14.9. The smallest absolute Gasteiger partial charge is 0.258 e. The van der Waals surface area contributed by atoms with Gasteiger partial charge in [-0.25, -0.2) is 0 Å². The molecular formula is C16H23NO3. The van der Waals surface area contributed by atoms with Gasteiger partial charge in [0, 0.05) is 6.04 Å². The summed E-state index contributed by atoms with van der Waals surface area (Å²) in [7, 11) is 0. The van der Waals surface area contributed by atoms with Gasteiger partial charge in [0.05, 0.1) is 6.61 Å². The van der Waals surface area contributed by atoms with Gasteiger partial charge >= 0.3 is 0 Å². The van der Waals surface area contributed by atoms with E-state index in [-0.39, 0.29) is 25.2 Å². The van der Waals surface area contributed by atoms with Crippen LogP contribution in [0.2, 0.25) is 0 Å². The standard InChI is InChI=1S/C16H23NO3/c1-12-4-2-3-5-15(12)17-16(19)11-20-14-8-6-13(10-18)7-9-14/h6-9,12,15,18H,2-5,10-11H2,1H3,(H,17,19). The molecule has 0 aliphatic heterocycles. The van der Waals surface area contributed by atoms with Crippen LogP contribution in [0.4, 0.5) is 0 Å². The van der Waals surface area contributed by atoms with Crippen LogP contribution in [0.25, 0.3) is 0 Å². The third kappa shape index (κ3) is 4.23. The highest BCUT2D eigenvalue weighted by atomic mass is 16.5. The van der Waals surface area contributed by atoms with Crippen LogP contribution in [0.3, 0.4) is 0 Å². The number of benzene rings is 1. The van der Waals surface area contributed by atoms with Gasteiger partial charge < -0.3 is 15.2 Å². The fourth-order valence-corrected chi connectivity index (χ4v) is 2.62. The molecule has 0 heterocycles. The van der Waals surface area contributed by atoms with Gasteiger partial charge in [-0.15, -0.1) is 0 Å². The monoisotopic (exact) mass is 277 g/mol. The third-order valence-electron chi connectivity index (χ3n) is 3.93. The molecule has 1 fully saturated rings. The van der Waals surface area contributed by atoms with Crippen molar-refractivity contribution in [1.82, 2.24) is 5.32 Å². The van der Waals surface area contributed by atoms with Crippen molar-refractivity contribution in [3.05, 3.63) is 29.8 Å². The largest absolute Gasteiger partial charge is 0.484 e. The zero-order chi connectivity index (χ0) is 14.4. The minimum Gasteiger partial charge on any atom is -0.484 e. The van der Waals surface area contributed by atoms with Crippen molar-refractivity contribution in [2.75, 3.05) is 6.61 Å². The second-order valence-corrected chi connectivity index (χ2v) is 5.53. The second-order valence-electron chi connectivity index (χ2n) is 5.53. The molecule has 2 rings (SSSR count). The van der Waals surface area contributed by atoms with Crippen LogP contribution in [-0.2, 0) is 11.4 Å². The van der Waals surface area contributed by atoms with Crippen molar-refractivity contribution in [2.24, 2.45) is 5.92 Å². The second kappa shape index (κ2) is 7.29. The summed E-state index contributed by atoms with van der Waals surface area (Å²) in [5.74, 6) is 1.14. The highest BCUT2D eigenvalue weighted by Gasteiger charge is 2.22. The summed E-state index contributed by atoms with van der Waals surface area (Å²) in [6, 6.07) is 7.40. The lowest BCUT2D eigenvalue weighted by Crippen LogP contribution is -2.43. The molecule has 20 heavy (non-hydrogen) atoms. The average molecular weight is 277 g/mol. The normalized spacial score (nSPS) is 22.3. The van der Waals surface area contributed by atoms with E-state index in [9.17, 15) is 4.79 Å². The Balaban J connectivity index is 1.76. The molecule has 2 unspecified atom stereocenters. The van der Waals surface area contributed by atoms with E-state index in [0.717, 1.165) is 12.0 Å². The van der Waals surface area contributed by atoms with Gasteiger partial charge in [0.1, 0.15) is 5.75 Å². The van der Waals surface area contributed by atoms with Crippen LogP contribution >= 0.6 is 0 Å². The molecule has 1 amide bonds. The Morgan fingerprint density at radius 2 is 2.00 bits per heavy atom. The number of aliphatic hydroxyl groups is 1. The molecular weight excluding hydrogens is 254 g/mol. The number of hydrogen-bond donors (Lipinski definition) is 2. The lowest BCUT2D eigenvalue weighted by atomic mass is 9.86. The van der Waals surface area contributed by atoms with Crippen LogP contribution in [0, 0.1) is 5.92 Å². The van der Waals surface area contributed by atoms with Gasteiger partial charge in [0.15, 0.2) is 6.61 Å². The lowest BCUT2D eigenvalue weighted by Gasteiger charge is -2.29. The van der Waals surface area contributed by atoms with Gasteiger partial charge in [-0.05, 0) is 36.5 Å². The van der Waals surface area contributed by atoms with Crippen molar-refractivity contribution in [2.45, 2.75) is 45.3 Å². The molecule has 1 aromatic carbocycles. The number of carbonyl (C=O) groups is 1. The van der Waals surface area contributed by atoms with E-state index in [4.69, 9.17) is 9.84 Å². The van der Waals surface area contributed by atoms with Crippen LogP contribution in [0.15, 0.2) is 24.3 Å². The van der Waals surface area contributed by atoms with Crippen molar-refractivity contribution in [1.29, 1.82) is 0 Å². The van der Waals surface area contributed by atoms with Crippen molar-refractivity contribution >= 4 is 5.91 Å². The van der Waals surface area contributed by atoms with Gasteiger partial charge in [0.2, 0.25) is 0 Å². The SMILES string of the molecule is CC1CCCCC1NC(=O)COc1ccc(CO)cc1. The maximum absolute atomic E-state index is 11.9. The minimum atomic E-state index is -0.0602. The van der Waals surface area contributed by atoms with Gasteiger partial charge in [-0.1, -0.05) is 31.9 Å². The fraction of sp³-hybridized carbons (Fsp3) is 0.562. The Morgan fingerprint density at radius 3 is 2.65 bits per heavy atom. The summed E-state index contributed by atoms with van der Waals surface area (Å²) >= 11 is 0. The molecule has 1 aliphatic rings. The Kier molecular flexibility index (Phi) is 5.41. The molecule has 2 N–H and O–H groups in total. The van der Waals surface area contributed by atoms with E-state index < -0.39 is 0 Å². The molecule has 2 atom stereocenters. The first-order valence-electron chi connectivity index (χ1n) is 7.31. The van der Waals surface area contributed by atoms with E-state index in [1.54, 1.807) is 24.3 Å². The summed E-state index contributed by atoms with van der Waals surface area (Å²) in [5, 5.41) is 12.0. The Hall–Kier alpha value is -1.55. The van der Waals surface area contributed by atoms with E-state index in [2.05, 4.69) is 12.2 Å². The fourth-order valence-electron chi connectivity index (χ4n) is 2.62. The third-order valence-corrected chi connectivity index (χ3v) is 3.93. The molecule has 110 valence electrons. The first-order chi connectivity index (χ1) is 9.69. The maximum atomic E-state index is 11.9. The molecule has 0 bridgehead atoms. The number of carbonyl (C=O) groups excluding carboxylic acids is 1. The van der Waals surface area contributed by atoms with E-state index in [1.165, 1.54) is 19.3 Å². The van der Waals surface area contributed by atoms with Crippen LogP contribution in [0.1, 0.15) is 38.2 Å². The molecule has 4 heteroatoms.